The Kier molecular flexibility index (Phi) is 5.06. The van der Waals surface area contributed by atoms with E-state index in [1.807, 2.05) is 38.2 Å². The van der Waals surface area contributed by atoms with Crippen molar-refractivity contribution < 1.29 is 9.26 Å². The summed E-state index contributed by atoms with van der Waals surface area (Å²) in [5, 5.41) is 4.12. The zero-order valence-electron chi connectivity index (χ0n) is 17.9. The zero-order valence-corrected chi connectivity index (χ0v) is 17.9. The van der Waals surface area contributed by atoms with E-state index in [1.54, 1.807) is 6.20 Å². The standard InChI is InChI=1S/C23H29N5O2/c1-15-20(16(2)30-26-15)14-27-12-18-10-21(28-9-8-24-17(28)3)22(11-19(18)13-27)29-23-6-4-5-7-25-23/h4-9,18-19,21-22H,10-14H2,1-3H3/t18-,19+,21-,22-/m0/s1. The number of hydrogen-bond donors (Lipinski definition) is 0. The van der Waals surface area contributed by atoms with Crippen LogP contribution in [0, 0.1) is 32.6 Å². The summed E-state index contributed by atoms with van der Waals surface area (Å²) in [4.78, 5) is 11.4. The molecule has 2 aliphatic rings. The summed E-state index contributed by atoms with van der Waals surface area (Å²) in [6.07, 6.45) is 7.98. The van der Waals surface area contributed by atoms with Crippen molar-refractivity contribution in [3.63, 3.8) is 0 Å². The second-order valence-corrected chi connectivity index (χ2v) is 8.76. The van der Waals surface area contributed by atoms with E-state index in [9.17, 15) is 0 Å². The Bertz CT molecular complexity index is 979. The van der Waals surface area contributed by atoms with Gasteiger partial charge in [-0.25, -0.2) is 9.97 Å². The van der Waals surface area contributed by atoms with Gasteiger partial charge in [-0.3, -0.25) is 4.90 Å². The highest BCUT2D eigenvalue weighted by Gasteiger charge is 2.44. The van der Waals surface area contributed by atoms with Crippen LogP contribution >= 0.6 is 0 Å². The van der Waals surface area contributed by atoms with Crippen LogP contribution in [0.1, 0.15) is 41.7 Å². The van der Waals surface area contributed by atoms with Gasteiger partial charge >= 0.3 is 0 Å². The number of nitrogens with zero attached hydrogens (tertiary/aromatic N) is 5. The molecule has 2 fully saturated rings. The van der Waals surface area contributed by atoms with E-state index in [0.29, 0.717) is 17.7 Å². The second kappa shape index (κ2) is 7.87. The van der Waals surface area contributed by atoms with Gasteiger partial charge in [0.25, 0.3) is 0 Å². The van der Waals surface area contributed by atoms with Crippen LogP contribution in [0.3, 0.4) is 0 Å². The first-order valence-electron chi connectivity index (χ1n) is 10.8. The van der Waals surface area contributed by atoms with Crippen molar-refractivity contribution in [3.05, 3.63) is 59.6 Å². The molecule has 5 rings (SSSR count). The van der Waals surface area contributed by atoms with Crippen molar-refractivity contribution >= 4 is 0 Å². The van der Waals surface area contributed by atoms with Gasteiger partial charge in [-0.2, -0.15) is 0 Å². The number of rotatable bonds is 5. The van der Waals surface area contributed by atoms with E-state index in [-0.39, 0.29) is 12.1 Å². The van der Waals surface area contributed by atoms with Crippen LogP contribution in [-0.4, -0.2) is 43.8 Å². The zero-order chi connectivity index (χ0) is 20.7. The Morgan fingerprint density at radius 1 is 1.07 bits per heavy atom. The molecule has 0 N–H and O–H groups in total. The van der Waals surface area contributed by atoms with E-state index in [0.717, 1.165) is 49.8 Å². The van der Waals surface area contributed by atoms with Crippen LogP contribution in [-0.2, 0) is 6.54 Å². The number of aryl methyl sites for hydroxylation is 3. The molecule has 0 spiro atoms. The number of imidazole rings is 1. The molecular formula is C23H29N5O2. The Hall–Kier alpha value is -2.67. The lowest BCUT2D eigenvalue weighted by Gasteiger charge is -2.38. The van der Waals surface area contributed by atoms with Crippen LogP contribution in [0.5, 0.6) is 5.88 Å². The van der Waals surface area contributed by atoms with Gasteiger partial charge in [0.05, 0.1) is 11.7 Å². The summed E-state index contributed by atoms with van der Waals surface area (Å²) in [5.74, 6) is 3.96. The average molecular weight is 408 g/mol. The molecule has 0 unspecified atom stereocenters. The Morgan fingerprint density at radius 3 is 2.57 bits per heavy atom. The number of aromatic nitrogens is 4. The minimum atomic E-state index is 0.0908. The molecule has 0 amide bonds. The van der Waals surface area contributed by atoms with Gasteiger partial charge in [-0.05, 0) is 51.5 Å². The molecule has 1 saturated carbocycles. The maximum atomic E-state index is 6.43. The molecule has 1 saturated heterocycles. The molecule has 0 radical (unpaired) electrons. The minimum absolute atomic E-state index is 0.0908. The summed E-state index contributed by atoms with van der Waals surface area (Å²) < 4.78 is 14.1. The van der Waals surface area contributed by atoms with Crippen molar-refractivity contribution in [2.45, 2.75) is 52.3 Å². The predicted octanol–water partition coefficient (Wildman–Crippen LogP) is 3.72. The third-order valence-electron chi connectivity index (χ3n) is 6.85. The summed E-state index contributed by atoms with van der Waals surface area (Å²) in [5.41, 5.74) is 2.24. The highest BCUT2D eigenvalue weighted by atomic mass is 16.5. The third kappa shape index (κ3) is 3.62. The fourth-order valence-electron chi connectivity index (χ4n) is 5.30. The fraction of sp³-hybridized carbons (Fsp3) is 0.522. The topological polar surface area (TPSA) is 69.2 Å². The monoisotopic (exact) mass is 407 g/mol. The Morgan fingerprint density at radius 2 is 1.90 bits per heavy atom. The fourth-order valence-corrected chi connectivity index (χ4v) is 5.30. The van der Waals surface area contributed by atoms with E-state index in [1.165, 1.54) is 5.56 Å². The quantitative estimate of drug-likeness (QED) is 0.642. The third-order valence-corrected chi connectivity index (χ3v) is 6.85. The largest absolute Gasteiger partial charge is 0.472 e. The van der Waals surface area contributed by atoms with Gasteiger partial charge in [-0.1, -0.05) is 11.2 Å². The van der Waals surface area contributed by atoms with Crippen molar-refractivity contribution in [1.82, 2.24) is 24.6 Å². The molecule has 1 aliphatic heterocycles. The van der Waals surface area contributed by atoms with E-state index in [4.69, 9.17) is 9.26 Å². The molecule has 0 bridgehead atoms. The van der Waals surface area contributed by atoms with Gasteiger partial charge in [0, 0.05) is 49.9 Å². The second-order valence-electron chi connectivity index (χ2n) is 8.76. The highest BCUT2D eigenvalue weighted by Crippen LogP contribution is 2.43. The maximum Gasteiger partial charge on any atom is 0.213 e. The normalized spacial score (nSPS) is 26.6. The van der Waals surface area contributed by atoms with Crippen molar-refractivity contribution in [2.75, 3.05) is 13.1 Å². The highest BCUT2D eigenvalue weighted by molar-refractivity contribution is 5.21. The summed E-state index contributed by atoms with van der Waals surface area (Å²) in [6, 6.07) is 6.12. The molecule has 4 heterocycles. The number of hydrogen-bond acceptors (Lipinski definition) is 6. The van der Waals surface area contributed by atoms with Gasteiger partial charge in [0.1, 0.15) is 17.7 Å². The number of pyridine rings is 1. The predicted molar refractivity (Wildman–Crippen MR) is 112 cm³/mol. The van der Waals surface area contributed by atoms with Gasteiger partial charge < -0.3 is 13.8 Å². The average Bonchev–Trinajstić information content (AvgIpc) is 3.43. The Labute approximate surface area is 177 Å². The van der Waals surface area contributed by atoms with Crippen molar-refractivity contribution in [1.29, 1.82) is 0 Å². The van der Waals surface area contributed by atoms with E-state index in [2.05, 4.69) is 37.7 Å². The first kappa shape index (κ1) is 19.3. The lowest BCUT2D eigenvalue weighted by Crippen LogP contribution is -2.40. The molecule has 7 nitrogen and oxygen atoms in total. The smallest absolute Gasteiger partial charge is 0.213 e. The van der Waals surface area contributed by atoms with E-state index < -0.39 is 0 Å². The van der Waals surface area contributed by atoms with Crippen molar-refractivity contribution in [2.24, 2.45) is 11.8 Å². The molecule has 4 atom stereocenters. The van der Waals surface area contributed by atoms with Crippen molar-refractivity contribution in [3.8, 4) is 5.88 Å². The first-order chi connectivity index (χ1) is 14.6. The molecule has 3 aromatic rings. The first-order valence-corrected chi connectivity index (χ1v) is 10.8. The SMILES string of the molecule is Cc1noc(C)c1CN1C[C@H]2C[C@H](Oc3ccccn3)[C@@H](n3ccnc3C)C[C@H]2C1. The molecule has 30 heavy (non-hydrogen) atoms. The maximum absolute atomic E-state index is 6.43. The Balaban J connectivity index is 1.36. The van der Waals surface area contributed by atoms with Crippen LogP contribution in [0.2, 0.25) is 0 Å². The lowest BCUT2D eigenvalue weighted by atomic mass is 9.77. The molecule has 1 aliphatic carbocycles. The summed E-state index contributed by atoms with van der Waals surface area (Å²) >= 11 is 0. The minimum Gasteiger partial charge on any atom is -0.472 e. The molecular weight excluding hydrogens is 378 g/mol. The lowest BCUT2D eigenvalue weighted by molar-refractivity contribution is 0.0504. The number of likely N-dealkylation sites (tertiary alicyclic amines) is 1. The van der Waals surface area contributed by atoms with Crippen LogP contribution in [0.4, 0.5) is 0 Å². The van der Waals surface area contributed by atoms with Crippen LogP contribution < -0.4 is 4.74 Å². The van der Waals surface area contributed by atoms with Gasteiger partial charge in [0.15, 0.2) is 0 Å². The molecule has 158 valence electrons. The van der Waals surface area contributed by atoms with Gasteiger partial charge in [0.2, 0.25) is 5.88 Å². The van der Waals surface area contributed by atoms with Crippen LogP contribution in [0.25, 0.3) is 0 Å². The van der Waals surface area contributed by atoms with Gasteiger partial charge in [-0.15, -0.1) is 0 Å². The van der Waals surface area contributed by atoms with E-state index >= 15 is 0 Å². The molecule has 0 aromatic carbocycles. The molecule has 3 aromatic heterocycles. The number of fused-ring (bicyclic) bond motifs is 1. The molecule has 7 heteroatoms. The summed E-state index contributed by atoms with van der Waals surface area (Å²) in [7, 11) is 0. The summed E-state index contributed by atoms with van der Waals surface area (Å²) in [6.45, 7) is 9.22. The number of ether oxygens (including phenoxy) is 1. The van der Waals surface area contributed by atoms with Crippen LogP contribution in [0.15, 0.2) is 41.3 Å².